The van der Waals surface area contributed by atoms with Crippen molar-refractivity contribution >= 4 is 0 Å². The molecule has 1 aromatic heterocycles. The molecule has 2 rings (SSSR count). The number of aromatic amines is 1. The molecule has 76 valence electrons. The van der Waals surface area contributed by atoms with E-state index in [4.69, 9.17) is 4.74 Å². The lowest BCUT2D eigenvalue weighted by atomic mass is 10.1. The van der Waals surface area contributed by atoms with Gasteiger partial charge < -0.3 is 9.72 Å². The maximum atomic E-state index is 11.2. The van der Waals surface area contributed by atoms with Crippen LogP contribution >= 0.6 is 0 Å². The minimum absolute atomic E-state index is 0.0188. The lowest BCUT2D eigenvalue weighted by Crippen LogP contribution is -1.98. The minimum atomic E-state index is -0.0188. The lowest BCUT2D eigenvalue weighted by molar-refractivity contribution is 0.416. The average Bonchev–Trinajstić information content (AvgIpc) is 2.29. The van der Waals surface area contributed by atoms with Crippen LogP contribution in [-0.4, -0.2) is 12.1 Å². The smallest absolute Gasteiger partial charge is 0.182 e. The third-order valence-electron chi connectivity index (χ3n) is 2.17. The summed E-state index contributed by atoms with van der Waals surface area (Å²) in [5.74, 6) is 0.749. The van der Waals surface area contributed by atoms with E-state index in [-0.39, 0.29) is 5.43 Å². The van der Waals surface area contributed by atoms with Crippen molar-refractivity contribution in [3.8, 4) is 17.0 Å². The van der Waals surface area contributed by atoms with Crippen molar-refractivity contribution in [1.29, 1.82) is 0 Å². The molecule has 0 aliphatic rings. The molecule has 0 atom stereocenters. The predicted octanol–water partition coefficient (Wildman–Crippen LogP) is 2.05. The summed E-state index contributed by atoms with van der Waals surface area (Å²) >= 11 is 0. The third kappa shape index (κ3) is 1.91. The van der Waals surface area contributed by atoms with Crippen molar-refractivity contribution in [1.82, 2.24) is 4.98 Å². The predicted molar refractivity (Wildman–Crippen MR) is 59.1 cm³/mol. The number of methoxy groups -OCH3 is 1. The Morgan fingerprint density at radius 2 is 2.00 bits per heavy atom. The molecule has 1 N–H and O–H groups in total. The van der Waals surface area contributed by atoms with Gasteiger partial charge in [-0.2, -0.15) is 0 Å². The SMILES string of the molecule is COc1ccccc1-c1cc(=O)cc[nH]1. The van der Waals surface area contributed by atoms with Gasteiger partial charge in [-0.05, 0) is 12.1 Å². The zero-order valence-electron chi connectivity index (χ0n) is 8.36. The third-order valence-corrected chi connectivity index (χ3v) is 2.17. The highest BCUT2D eigenvalue weighted by molar-refractivity contribution is 5.66. The molecule has 0 bridgehead atoms. The molecule has 2 aromatic rings. The minimum Gasteiger partial charge on any atom is -0.496 e. The van der Waals surface area contributed by atoms with Crippen LogP contribution in [0.2, 0.25) is 0 Å². The second-order valence-electron chi connectivity index (χ2n) is 3.14. The number of benzene rings is 1. The van der Waals surface area contributed by atoms with E-state index in [2.05, 4.69) is 4.98 Å². The fourth-order valence-corrected chi connectivity index (χ4v) is 1.47. The van der Waals surface area contributed by atoms with Crippen molar-refractivity contribution < 1.29 is 4.74 Å². The van der Waals surface area contributed by atoms with Gasteiger partial charge in [0.15, 0.2) is 5.43 Å². The number of hydrogen-bond donors (Lipinski definition) is 1. The second kappa shape index (κ2) is 4.00. The van der Waals surface area contributed by atoms with Gasteiger partial charge in [0.05, 0.1) is 12.8 Å². The molecule has 0 fully saturated rings. The lowest BCUT2D eigenvalue weighted by Gasteiger charge is -2.07. The molecule has 0 radical (unpaired) electrons. The normalized spacial score (nSPS) is 9.93. The first-order valence-corrected chi connectivity index (χ1v) is 4.63. The first-order chi connectivity index (χ1) is 7.31. The Morgan fingerprint density at radius 3 is 2.73 bits per heavy atom. The highest BCUT2D eigenvalue weighted by Crippen LogP contribution is 2.26. The number of para-hydroxylation sites is 1. The monoisotopic (exact) mass is 201 g/mol. The van der Waals surface area contributed by atoms with Gasteiger partial charge in [-0.1, -0.05) is 12.1 Å². The highest BCUT2D eigenvalue weighted by atomic mass is 16.5. The topological polar surface area (TPSA) is 42.1 Å². The molecule has 0 spiro atoms. The first kappa shape index (κ1) is 9.52. The summed E-state index contributed by atoms with van der Waals surface area (Å²) in [5, 5.41) is 0. The summed E-state index contributed by atoms with van der Waals surface area (Å²) in [6.07, 6.45) is 1.63. The molecule has 1 heterocycles. The van der Waals surface area contributed by atoms with E-state index in [1.54, 1.807) is 19.4 Å². The number of hydrogen-bond acceptors (Lipinski definition) is 2. The molecular weight excluding hydrogens is 190 g/mol. The van der Waals surface area contributed by atoms with Crippen LogP contribution in [0.15, 0.2) is 47.4 Å². The van der Waals surface area contributed by atoms with Crippen molar-refractivity contribution in [2.45, 2.75) is 0 Å². The van der Waals surface area contributed by atoms with E-state index < -0.39 is 0 Å². The number of pyridine rings is 1. The number of ether oxygens (including phenoxy) is 1. The number of rotatable bonds is 2. The van der Waals surface area contributed by atoms with Crippen LogP contribution < -0.4 is 10.2 Å². The van der Waals surface area contributed by atoms with Crippen LogP contribution in [0.25, 0.3) is 11.3 Å². The van der Waals surface area contributed by atoms with Crippen LogP contribution in [0.5, 0.6) is 5.75 Å². The highest BCUT2D eigenvalue weighted by Gasteiger charge is 2.04. The Bertz CT molecular complexity index is 517. The maximum Gasteiger partial charge on any atom is 0.182 e. The molecule has 0 unspecified atom stereocenters. The first-order valence-electron chi connectivity index (χ1n) is 4.63. The molecule has 0 aliphatic carbocycles. The van der Waals surface area contributed by atoms with Crippen LogP contribution in [0.1, 0.15) is 0 Å². The Kier molecular flexibility index (Phi) is 2.54. The number of aromatic nitrogens is 1. The van der Waals surface area contributed by atoms with E-state index in [0.29, 0.717) is 0 Å². The van der Waals surface area contributed by atoms with Gasteiger partial charge in [0.25, 0.3) is 0 Å². The van der Waals surface area contributed by atoms with Crippen molar-refractivity contribution in [2.24, 2.45) is 0 Å². The van der Waals surface area contributed by atoms with Crippen LogP contribution in [-0.2, 0) is 0 Å². The Labute approximate surface area is 87.3 Å². The molecule has 0 aliphatic heterocycles. The van der Waals surface area contributed by atoms with Crippen LogP contribution in [0.3, 0.4) is 0 Å². The zero-order valence-corrected chi connectivity index (χ0v) is 8.36. The molecule has 3 heteroatoms. The zero-order chi connectivity index (χ0) is 10.7. The van der Waals surface area contributed by atoms with Gasteiger partial charge in [-0.3, -0.25) is 4.79 Å². The Morgan fingerprint density at radius 1 is 1.20 bits per heavy atom. The van der Waals surface area contributed by atoms with E-state index in [1.807, 2.05) is 24.3 Å². The summed E-state index contributed by atoms with van der Waals surface area (Å²) in [6.45, 7) is 0. The van der Waals surface area contributed by atoms with Gasteiger partial charge in [0, 0.05) is 23.9 Å². The number of H-pyrrole nitrogens is 1. The Hall–Kier alpha value is -2.03. The van der Waals surface area contributed by atoms with Gasteiger partial charge in [-0.15, -0.1) is 0 Å². The van der Waals surface area contributed by atoms with Crippen molar-refractivity contribution in [3.63, 3.8) is 0 Å². The maximum absolute atomic E-state index is 11.2. The summed E-state index contributed by atoms with van der Waals surface area (Å²) in [6, 6.07) is 10.6. The van der Waals surface area contributed by atoms with E-state index in [9.17, 15) is 4.79 Å². The standard InChI is InChI=1S/C12H11NO2/c1-15-12-5-3-2-4-10(12)11-8-9(14)6-7-13-11/h2-8H,1H3,(H,13,14). The molecule has 0 saturated heterocycles. The summed E-state index contributed by atoms with van der Waals surface area (Å²) in [4.78, 5) is 14.2. The molecule has 1 aromatic carbocycles. The number of nitrogens with one attached hydrogen (secondary N) is 1. The van der Waals surface area contributed by atoms with Gasteiger partial charge >= 0.3 is 0 Å². The van der Waals surface area contributed by atoms with Gasteiger partial charge in [-0.25, -0.2) is 0 Å². The second-order valence-corrected chi connectivity index (χ2v) is 3.14. The average molecular weight is 201 g/mol. The van der Waals surface area contributed by atoms with Crippen molar-refractivity contribution in [3.05, 3.63) is 52.8 Å². The van der Waals surface area contributed by atoms with Crippen LogP contribution in [0.4, 0.5) is 0 Å². The summed E-state index contributed by atoms with van der Waals surface area (Å²) < 4.78 is 5.22. The molecule has 15 heavy (non-hydrogen) atoms. The van der Waals surface area contributed by atoms with E-state index in [0.717, 1.165) is 17.0 Å². The van der Waals surface area contributed by atoms with Crippen molar-refractivity contribution in [2.75, 3.05) is 7.11 Å². The van der Waals surface area contributed by atoms with Crippen LogP contribution in [0, 0.1) is 0 Å². The molecule has 0 saturated carbocycles. The molecule has 3 nitrogen and oxygen atoms in total. The fraction of sp³-hybridized carbons (Fsp3) is 0.0833. The van der Waals surface area contributed by atoms with E-state index in [1.165, 1.54) is 6.07 Å². The Balaban J connectivity index is 2.58. The van der Waals surface area contributed by atoms with Gasteiger partial charge in [0.1, 0.15) is 5.75 Å². The quantitative estimate of drug-likeness (QED) is 0.808. The molecule has 0 amide bonds. The summed E-state index contributed by atoms with van der Waals surface area (Å²) in [5.41, 5.74) is 1.63. The van der Waals surface area contributed by atoms with E-state index >= 15 is 0 Å². The molecular formula is C12H11NO2. The fourth-order valence-electron chi connectivity index (χ4n) is 1.47. The summed E-state index contributed by atoms with van der Waals surface area (Å²) in [7, 11) is 1.61. The largest absolute Gasteiger partial charge is 0.496 e. The van der Waals surface area contributed by atoms with Gasteiger partial charge in [0.2, 0.25) is 0 Å².